The number of hydrogen-bond donors (Lipinski definition) is 1. The lowest BCUT2D eigenvalue weighted by molar-refractivity contribution is -0.129. The fourth-order valence-corrected chi connectivity index (χ4v) is 3.51. The predicted octanol–water partition coefficient (Wildman–Crippen LogP) is 4.28. The molecule has 6 nitrogen and oxygen atoms in total. The molecule has 0 fully saturated rings. The van der Waals surface area contributed by atoms with Crippen LogP contribution in [0.1, 0.15) is 45.2 Å². The van der Waals surface area contributed by atoms with Crippen molar-refractivity contribution in [3.05, 3.63) is 48.0 Å². The van der Waals surface area contributed by atoms with E-state index >= 15 is 0 Å². The fourth-order valence-electron chi connectivity index (χ4n) is 3.51. The highest BCUT2D eigenvalue weighted by atomic mass is 16.5. The van der Waals surface area contributed by atoms with Gasteiger partial charge in [0, 0.05) is 18.1 Å². The molecule has 0 saturated heterocycles. The van der Waals surface area contributed by atoms with E-state index in [9.17, 15) is 4.79 Å². The Labute approximate surface area is 172 Å². The normalized spacial score (nSPS) is 18.0. The van der Waals surface area contributed by atoms with E-state index in [4.69, 9.17) is 18.9 Å². The van der Waals surface area contributed by atoms with Crippen LogP contribution in [0.3, 0.4) is 0 Å². The second-order valence-electron chi connectivity index (χ2n) is 7.72. The summed E-state index contributed by atoms with van der Waals surface area (Å²) in [5, 5.41) is 3.15. The highest BCUT2D eigenvalue weighted by Crippen LogP contribution is 2.41. The molecule has 3 rings (SSSR count). The van der Waals surface area contributed by atoms with Crippen LogP contribution in [0.2, 0.25) is 0 Å². The van der Waals surface area contributed by atoms with Crippen LogP contribution in [0.4, 0.5) is 0 Å². The molecule has 2 aromatic rings. The Bertz CT molecular complexity index is 864. The van der Waals surface area contributed by atoms with Gasteiger partial charge in [-0.15, -0.1) is 0 Å². The summed E-state index contributed by atoms with van der Waals surface area (Å²) in [6, 6.07) is 12.7. The van der Waals surface area contributed by atoms with Crippen LogP contribution in [0.5, 0.6) is 23.0 Å². The van der Waals surface area contributed by atoms with Crippen LogP contribution in [0, 0.1) is 0 Å². The molecule has 0 unspecified atom stereocenters. The number of benzene rings is 2. The maximum Gasteiger partial charge on any atom is 0.261 e. The minimum Gasteiger partial charge on any atom is -0.497 e. The number of fused-ring (bicyclic) bond motifs is 1. The van der Waals surface area contributed by atoms with Crippen LogP contribution in [-0.4, -0.2) is 31.8 Å². The van der Waals surface area contributed by atoms with Crippen LogP contribution in [0.15, 0.2) is 42.5 Å². The summed E-state index contributed by atoms with van der Waals surface area (Å²) in [7, 11) is 3.22. The monoisotopic (exact) mass is 399 g/mol. The first-order valence-electron chi connectivity index (χ1n) is 9.83. The number of ether oxygens (including phenoxy) is 4. The summed E-state index contributed by atoms with van der Waals surface area (Å²) < 4.78 is 22.6. The number of carbonyl (C=O) groups is 1. The summed E-state index contributed by atoms with van der Waals surface area (Å²) in [5.41, 5.74) is 0.516. The number of methoxy groups -OCH3 is 2. The summed E-state index contributed by atoms with van der Waals surface area (Å²) in [6.07, 6.45) is 0.580. The zero-order valence-electron chi connectivity index (χ0n) is 17.7. The van der Waals surface area contributed by atoms with Crippen molar-refractivity contribution in [1.29, 1.82) is 0 Å². The lowest BCUT2D eigenvalue weighted by atomic mass is 9.89. The van der Waals surface area contributed by atoms with E-state index in [-0.39, 0.29) is 11.9 Å². The number of nitrogens with one attached hydrogen (secondary N) is 1. The van der Waals surface area contributed by atoms with Crippen LogP contribution in [-0.2, 0) is 4.79 Å². The topological polar surface area (TPSA) is 66.0 Å². The zero-order chi connectivity index (χ0) is 21.0. The molecule has 156 valence electrons. The van der Waals surface area contributed by atoms with Crippen molar-refractivity contribution in [1.82, 2.24) is 5.32 Å². The molecule has 0 saturated carbocycles. The van der Waals surface area contributed by atoms with E-state index in [0.29, 0.717) is 24.3 Å². The van der Waals surface area contributed by atoms with Crippen molar-refractivity contribution in [2.75, 3.05) is 14.2 Å². The minimum atomic E-state index is -0.609. The number of amides is 1. The smallest absolute Gasteiger partial charge is 0.261 e. The molecule has 0 spiro atoms. The second kappa shape index (κ2) is 8.64. The van der Waals surface area contributed by atoms with Gasteiger partial charge in [-0.25, -0.2) is 0 Å². The van der Waals surface area contributed by atoms with Gasteiger partial charge in [-0.3, -0.25) is 4.79 Å². The summed E-state index contributed by atoms with van der Waals surface area (Å²) in [5.74, 6) is 2.61. The molecule has 6 heteroatoms. The molecule has 0 aliphatic carbocycles. The Balaban J connectivity index is 1.79. The molecular formula is C23H29NO5. The number of rotatable bonds is 7. The van der Waals surface area contributed by atoms with E-state index in [1.165, 1.54) is 0 Å². The molecule has 0 bridgehead atoms. The van der Waals surface area contributed by atoms with E-state index < -0.39 is 11.7 Å². The first kappa shape index (κ1) is 20.8. The van der Waals surface area contributed by atoms with Crippen LogP contribution in [0.25, 0.3) is 0 Å². The molecule has 1 heterocycles. The van der Waals surface area contributed by atoms with Gasteiger partial charge in [-0.2, -0.15) is 0 Å². The maximum atomic E-state index is 13.0. The standard InChI is InChI=1S/C23H29NO5/c1-6-20(28-17-9-7-8-15(12-17)26-4)22(25)24-19-14-23(2,3)29-21-11-10-16(27-5)13-18(19)21/h7-13,19-20H,6,14H2,1-5H3,(H,24,25)/t19-,20-/m1/s1. The van der Waals surface area contributed by atoms with Gasteiger partial charge >= 0.3 is 0 Å². The van der Waals surface area contributed by atoms with Gasteiger partial charge in [-0.05, 0) is 50.6 Å². The molecule has 1 aliphatic rings. The van der Waals surface area contributed by atoms with E-state index in [1.807, 2.05) is 57.2 Å². The van der Waals surface area contributed by atoms with Gasteiger partial charge in [-0.1, -0.05) is 13.0 Å². The molecular weight excluding hydrogens is 370 g/mol. The third-order valence-electron chi connectivity index (χ3n) is 4.97. The van der Waals surface area contributed by atoms with Crippen molar-refractivity contribution in [3.63, 3.8) is 0 Å². The van der Waals surface area contributed by atoms with Crippen molar-refractivity contribution >= 4 is 5.91 Å². The predicted molar refractivity (Wildman–Crippen MR) is 111 cm³/mol. The van der Waals surface area contributed by atoms with Gasteiger partial charge in [0.15, 0.2) is 6.10 Å². The molecule has 2 atom stereocenters. The van der Waals surface area contributed by atoms with Crippen molar-refractivity contribution < 1.29 is 23.7 Å². The Kier molecular flexibility index (Phi) is 6.20. The Morgan fingerprint density at radius 1 is 1.14 bits per heavy atom. The fraction of sp³-hybridized carbons (Fsp3) is 0.435. The molecule has 0 radical (unpaired) electrons. The largest absolute Gasteiger partial charge is 0.497 e. The highest BCUT2D eigenvalue weighted by molar-refractivity contribution is 5.81. The number of hydrogen-bond acceptors (Lipinski definition) is 5. The van der Waals surface area contributed by atoms with Crippen molar-refractivity contribution in [3.8, 4) is 23.0 Å². The molecule has 2 aromatic carbocycles. The van der Waals surface area contributed by atoms with E-state index in [2.05, 4.69) is 5.32 Å². The van der Waals surface area contributed by atoms with Crippen molar-refractivity contribution in [2.24, 2.45) is 0 Å². The average molecular weight is 399 g/mol. The third-order valence-corrected chi connectivity index (χ3v) is 4.97. The Morgan fingerprint density at radius 3 is 2.52 bits per heavy atom. The Morgan fingerprint density at radius 2 is 1.83 bits per heavy atom. The van der Waals surface area contributed by atoms with Gasteiger partial charge in [0.25, 0.3) is 5.91 Å². The molecule has 1 amide bonds. The maximum absolute atomic E-state index is 13.0. The molecule has 1 aliphatic heterocycles. The van der Waals surface area contributed by atoms with Gasteiger partial charge in [0.05, 0.1) is 20.3 Å². The van der Waals surface area contributed by atoms with Crippen LogP contribution >= 0.6 is 0 Å². The minimum absolute atomic E-state index is 0.160. The lowest BCUT2D eigenvalue weighted by Crippen LogP contribution is -2.45. The number of carbonyl (C=O) groups excluding carboxylic acids is 1. The van der Waals surface area contributed by atoms with Gasteiger partial charge < -0.3 is 24.3 Å². The second-order valence-corrected chi connectivity index (χ2v) is 7.72. The first-order chi connectivity index (χ1) is 13.8. The SMILES string of the molecule is CC[C@@H](Oc1cccc(OC)c1)C(=O)N[C@@H]1CC(C)(C)Oc2ccc(OC)cc21. The van der Waals surface area contributed by atoms with Gasteiger partial charge in [0.1, 0.15) is 28.6 Å². The first-order valence-corrected chi connectivity index (χ1v) is 9.83. The van der Waals surface area contributed by atoms with Crippen LogP contribution < -0.4 is 24.3 Å². The Hall–Kier alpha value is -2.89. The quantitative estimate of drug-likeness (QED) is 0.753. The van der Waals surface area contributed by atoms with Crippen molar-refractivity contribution in [2.45, 2.75) is 51.4 Å². The molecule has 29 heavy (non-hydrogen) atoms. The van der Waals surface area contributed by atoms with E-state index in [0.717, 1.165) is 17.1 Å². The average Bonchev–Trinajstić information content (AvgIpc) is 2.71. The van der Waals surface area contributed by atoms with Gasteiger partial charge in [0.2, 0.25) is 0 Å². The zero-order valence-corrected chi connectivity index (χ0v) is 17.7. The summed E-state index contributed by atoms with van der Waals surface area (Å²) >= 11 is 0. The lowest BCUT2D eigenvalue weighted by Gasteiger charge is -2.38. The van der Waals surface area contributed by atoms with E-state index in [1.54, 1.807) is 20.3 Å². The highest BCUT2D eigenvalue weighted by Gasteiger charge is 2.36. The third kappa shape index (κ3) is 4.94. The molecule has 0 aromatic heterocycles. The summed E-state index contributed by atoms with van der Waals surface area (Å²) in [6.45, 7) is 5.96. The summed E-state index contributed by atoms with van der Waals surface area (Å²) in [4.78, 5) is 13.0. The molecule has 1 N–H and O–H groups in total.